The first-order valence-corrected chi connectivity index (χ1v) is 11.4. The average Bonchev–Trinajstić information content (AvgIpc) is 3.52. The van der Waals surface area contributed by atoms with Gasteiger partial charge in [0.05, 0.1) is 6.54 Å². The molecule has 2 aromatic heterocycles. The molecule has 1 saturated heterocycles. The van der Waals surface area contributed by atoms with Crippen molar-refractivity contribution in [2.45, 2.75) is 13.0 Å². The minimum Gasteiger partial charge on any atom is -0.459 e. The predicted molar refractivity (Wildman–Crippen MR) is 122 cm³/mol. The fourth-order valence-corrected chi connectivity index (χ4v) is 4.20. The molecule has 0 spiro atoms. The summed E-state index contributed by atoms with van der Waals surface area (Å²) >= 11 is 7.41. The molecule has 4 rings (SSSR count). The first kappa shape index (κ1) is 22.8. The van der Waals surface area contributed by atoms with Gasteiger partial charge >= 0.3 is 17.8 Å². The van der Waals surface area contributed by atoms with E-state index in [-0.39, 0.29) is 13.1 Å². The molecule has 1 aliphatic heterocycles. The van der Waals surface area contributed by atoms with E-state index in [4.69, 9.17) is 16.0 Å². The number of benzene rings is 1. The lowest BCUT2D eigenvalue weighted by Gasteiger charge is -2.19. The maximum absolute atomic E-state index is 12.7. The summed E-state index contributed by atoms with van der Waals surface area (Å²) in [5, 5.41) is 2.51. The molecule has 0 N–H and O–H groups in total. The molecule has 0 unspecified atom stereocenters. The van der Waals surface area contributed by atoms with Crippen LogP contribution in [0.2, 0.25) is 5.02 Å². The van der Waals surface area contributed by atoms with Gasteiger partial charge in [0.1, 0.15) is 18.1 Å². The number of imide groups is 2. The number of likely N-dealkylation sites (N-methyl/N-ethyl adjacent to an activating group) is 1. The Labute approximate surface area is 198 Å². The molecule has 1 aliphatic rings. The molecule has 3 aromatic rings. The Kier molecular flexibility index (Phi) is 6.62. The third-order valence-electron chi connectivity index (χ3n) is 5.20. The van der Waals surface area contributed by atoms with Gasteiger partial charge in [-0.2, -0.15) is 0 Å². The van der Waals surface area contributed by atoms with E-state index < -0.39 is 30.3 Å². The van der Waals surface area contributed by atoms with Crippen molar-refractivity contribution in [2.24, 2.45) is 0 Å². The number of amides is 5. The SMILES string of the molecule is CN(Cc1ccc(-c2ccc(Cl)cc2)o1)C(=O)CN1C(=O)C(=O)N(CCc2cccs2)C1=O. The van der Waals surface area contributed by atoms with Crippen LogP contribution in [0.1, 0.15) is 10.6 Å². The van der Waals surface area contributed by atoms with Gasteiger partial charge in [0.2, 0.25) is 5.91 Å². The van der Waals surface area contributed by atoms with Crippen molar-refractivity contribution < 1.29 is 23.6 Å². The lowest BCUT2D eigenvalue weighted by atomic mass is 10.2. The van der Waals surface area contributed by atoms with E-state index in [1.54, 1.807) is 24.3 Å². The van der Waals surface area contributed by atoms with Crippen molar-refractivity contribution in [1.29, 1.82) is 0 Å². The molecule has 8 nitrogen and oxygen atoms in total. The highest BCUT2D eigenvalue weighted by Gasteiger charge is 2.45. The number of furan rings is 1. The Morgan fingerprint density at radius 2 is 1.76 bits per heavy atom. The van der Waals surface area contributed by atoms with E-state index >= 15 is 0 Å². The summed E-state index contributed by atoms with van der Waals surface area (Å²) in [6, 6.07) is 13.7. The van der Waals surface area contributed by atoms with Crippen molar-refractivity contribution in [3.63, 3.8) is 0 Å². The van der Waals surface area contributed by atoms with Crippen LogP contribution >= 0.6 is 22.9 Å². The third-order valence-corrected chi connectivity index (χ3v) is 6.39. The van der Waals surface area contributed by atoms with Crippen LogP contribution in [0, 0.1) is 0 Å². The van der Waals surface area contributed by atoms with E-state index in [1.807, 2.05) is 29.6 Å². The van der Waals surface area contributed by atoms with E-state index in [0.717, 1.165) is 15.3 Å². The van der Waals surface area contributed by atoms with Crippen LogP contribution in [0.5, 0.6) is 0 Å². The zero-order valence-electron chi connectivity index (χ0n) is 17.7. The third kappa shape index (κ3) is 4.99. The molecule has 33 heavy (non-hydrogen) atoms. The monoisotopic (exact) mass is 485 g/mol. The largest absolute Gasteiger partial charge is 0.459 e. The second-order valence-electron chi connectivity index (χ2n) is 7.48. The zero-order valence-corrected chi connectivity index (χ0v) is 19.3. The second kappa shape index (κ2) is 9.60. The molecular weight excluding hydrogens is 466 g/mol. The summed E-state index contributed by atoms with van der Waals surface area (Å²) in [5.41, 5.74) is 0.842. The highest BCUT2D eigenvalue weighted by Crippen LogP contribution is 2.24. The Hall–Kier alpha value is -3.43. The molecule has 0 bridgehead atoms. The molecule has 0 radical (unpaired) electrons. The van der Waals surface area contributed by atoms with E-state index in [9.17, 15) is 19.2 Å². The quantitative estimate of drug-likeness (QED) is 0.359. The second-order valence-corrected chi connectivity index (χ2v) is 8.95. The maximum Gasteiger partial charge on any atom is 0.334 e. The fraction of sp³-hybridized carbons (Fsp3) is 0.217. The van der Waals surface area contributed by atoms with Gasteiger partial charge in [-0.05, 0) is 47.8 Å². The molecule has 1 aromatic carbocycles. The predicted octanol–water partition coefficient (Wildman–Crippen LogP) is 3.65. The minimum absolute atomic E-state index is 0.0876. The molecule has 0 atom stereocenters. The maximum atomic E-state index is 12.7. The van der Waals surface area contributed by atoms with Gasteiger partial charge in [0.25, 0.3) is 0 Å². The van der Waals surface area contributed by atoms with Gasteiger partial charge in [-0.3, -0.25) is 19.3 Å². The first-order chi connectivity index (χ1) is 15.8. The van der Waals surface area contributed by atoms with Gasteiger partial charge in [-0.1, -0.05) is 17.7 Å². The van der Waals surface area contributed by atoms with Crippen molar-refractivity contribution in [1.82, 2.24) is 14.7 Å². The number of rotatable bonds is 8. The van der Waals surface area contributed by atoms with E-state index in [1.165, 1.54) is 23.3 Å². The highest BCUT2D eigenvalue weighted by atomic mass is 35.5. The minimum atomic E-state index is -0.990. The highest BCUT2D eigenvalue weighted by molar-refractivity contribution is 7.09. The Morgan fingerprint density at radius 3 is 2.45 bits per heavy atom. The molecule has 10 heteroatoms. The van der Waals surface area contributed by atoms with Crippen LogP contribution < -0.4 is 0 Å². The van der Waals surface area contributed by atoms with Crippen LogP contribution in [-0.2, 0) is 27.3 Å². The van der Waals surface area contributed by atoms with Gasteiger partial charge in [-0.25, -0.2) is 9.69 Å². The first-order valence-electron chi connectivity index (χ1n) is 10.1. The van der Waals surface area contributed by atoms with Gasteiger partial charge in [0, 0.05) is 35.5 Å². The average molecular weight is 486 g/mol. The lowest BCUT2D eigenvalue weighted by molar-refractivity contribution is -0.144. The molecule has 0 aliphatic carbocycles. The van der Waals surface area contributed by atoms with Crippen molar-refractivity contribution in [2.75, 3.05) is 20.1 Å². The van der Waals surface area contributed by atoms with Crippen LogP contribution in [-0.4, -0.2) is 58.6 Å². The van der Waals surface area contributed by atoms with Crippen LogP contribution in [0.3, 0.4) is 0 Å². The van der Waals surface area contributed by atoms with Gasteiger partial charge < -0.3 is 9.32 Å². The Balaban J connectivity index is 1.35. The van der Waals surface area contributed by atoms with Gasteiger partial charge in [0.15, 0.2) is 0 Å². The van der Waals surface area contributed by atoms with Crippen LogP contribution in [0.15, 0.2) is 58.3 Å². The zero-order chi connectivity index (χ0) is 23.5. The Bertz CT molecular complexity index is 1190. The number of hydrogen-bond donors (Lipinski definition) is 0. The number of halogens is 1. The number of hydrogen-bond acceptors (Lipinski definition) is 6. The summed E-state index contributed by atoms with van der Waals surface area (Å²) in [4.78, 5) is 53.7. The van der Waals surface area contributed by atoms with Crippen LogP contribution in [0.25, 0.3) is 11.3 Å². The Morgan fingerprint density at radius 1 is 1.03 bits per heavy atom. The normalized spacial score (nSPS) is 13.8. The molecule has 3 heterocycles. The lowest BCUT2D eigenvalue weighted by Crippen LogP contribution is -2.42. The summed E-state index contributed by atoms with van der Waals surface area (Å²) in [6.07, 6.45) is 0.457. The van der Waals surface area contributed by atoms with Gasteiger partial charge in [-0.15, -0.1) is 11.3 Å². The summed E-state index contributed by atoms with van der Waals surface area (Å²) in [6.45, 7) is -0.289. The topological polar surface area (TPSA) is 91.1 Å². The molecular formula is C23H20ClN3O5S. The number of carbonyl (C=O) groups excluding carboxylic acids is 4. The number of carbonyl (C=O) groups is 4. The number of thiophene rings is 1. The van der Waals surface area contributed by atoms with Crippen molar-refractivity contribution in [3.8, 4) is 11.3 Å². The smallest absolute Gasteiger partial charge is 0.334 e. The summed E-state index contributed by atoms with van der Waals surface area (Å²) in [5.74, 6) is -1.24. The van der Waals surface area contributed by atoms with E-state index in [0.29, 0.717) is 27.9 Å². The van der Waals surface area contributed by atoms with Crippen molar-refractivity contribution in [3.05, 3.63) is 69.6 Å². The van der Waals surface area contributed by atoms with Crippen LogP contribution in [0.4, 0.5) is 4.79 Å². The number of nitrogens with zero attached hydrogens (tertiary/aromatic N) is 3. The van der Waals surface area contributed by atoms with E-state index in [2.05, 4.69) is 0 Å². The number of urea groups is 1. The van der Waals surface area contributed by atoms with Crippen molar-refractivity contribution >= 4 is 46.7 Å². The molecule has 170 valence electrons. The molecule has 1 fully saturated rings. The standard InChI is InChI=1S/C23H20ClN3O5S/c1-25(13-17-8-9-19(32-17)15-4-6-16(24)7-5-15)20(28)14-27-22(30)21(29)26(23(27)31)11-10-18-3-2-12-33-18/h2-9,12H,10-11,13-14H2,1H3. The molecule has 5 amide bonds. The molecule has 0 saturated carbocycles. The fourth-order valence-electron chi connectivity index (χ4n) is 3.37. The summed E-state index contributed by atoms with van der Waals surface area (Å²) < 4.78 is 5.80. The summed E-state index contributed by atoms with van der Waals surface area (Å²) in [7, 11) is 1.54.